The SMILES string of the molecule is COC(CNC(C)c1cscn1)OC. The standard InChI is InChI=1S/C9H16N2O2S/c1-7(8-5-14-6-11-8)10-4-9(12-2)13-3/h5-7,9-10H,4H2,1-3H3. The number of methoxy groups -OCH3 is 2. The van der Waals surface area contributed by atoms with Crippen LogP contribution in [0.15, 0.2) is 10.9 Å². The lowest BCUT2D eigenvalue weighted by molar-refractivity contribution is -0.0997. The normalized spacial score (nSPS) is 13.4. The first kappa shape index (κ1) is 11.6. The van der Waals surface area contributed by atoms with Crippen molar-refractivity contribution in [3.63, 3.8) is 0 Å². The fraction of sp³-hybridized carbons (Fsp3) is 0.667. The van der Waals surface area contributed by atoms with Crippen molar-refractivity contribution >= 4 is 11.3 Å². The Morgan fingerprint density at radius 1 is 1.50 bits per heavy atom. The fourth-order valence-electron chi connectivity index (χ4n) is 1.08. The average Bonchev–Trinajstić information content (AvgIpc) is 2.72. The van der Waals surface area contributed by atoms with E-state index in [-0.39, 0.29) is 12.3 Å². The van der Waals surface area contributed by atoms with Crippen LogP contribution in [0, 0.1) is 0 Å². The summed E-state index contributed by atoms with van der Waals surface area (Å²) in [5.74, 6) is 0. The van der Waals surface area contributed by atoms with Crippen molar-refractivity contribution in [2.45, 2.75) is 19.3 Å². The molecule has 4 nitrogen and oxygen atoms in total. The molecule has 1 rings (SSSR count). The van der Waals surface area contributed by atoms with Gasteiger partial charge in [0.05, 0.1) is 11.2 Å². The molecule has 0 aromatic carbocycles. The highest BCUT2D eigenvalue weighted by Gasteiger charge is 2.10. The monoisotopic (exact) mass is 216 g/mol. The van der Waals surface area contributed by atoms with Gasteiger partial charge in [-0.15, -0.1) is 11.3 Å². The molecule has 1 unspecified atom stereocenters. The third kappa shape index (κ3) is 3.34. The Hall–Kier alpha value is -0.490. The van der Waals surface area contributed by atoms with E-state index in [0.717, 1.165) is 5.69 Å². The van der Waals surface area contributed by atoms with Gasteiger partial charge in [0.1, 0.15) is 0 Å². The second-order valence-electron chi connectivity index (χ2n) is 2.94. The van der Waals surface area contributed by atoms with Crippen LogP contribution < -0.4 is 5.32 Å². The number of aromatic nitrogens is 1. The summed E-state index contributed by atoms with van der Waals surface area (Å²) >= 11 is 1.60. The van der Waals surface area contributed by atoms with Crippen molar-refractivity contribution in [1.82, 2.24) is 10.3 Å². The molecule has 0 aliphatic rings. The molecular weight excluding hydrogens is 200 g/mol. The van der Waals surface area contributed by atoms with E-state index in [1.807, 2.05) is 10.9 Å². The van der Waals surface area contributed by atoms with Crippen LogP contribution >= 0.6 is 11.3 Å². The van der Waals surface area contributed by atoms with Crippen LogP contribution in [0.4, 0.5) is 0 Å². The minimum absolute atomic E-state index is 0.198. The van der Waals surface area contributed by atoms with Crippen molar-refractivity contribution in [1.29, 1.82) is 0 Å². The molecule has 0 aliphatic carbocycles. The lowest BCUT2D eigenvalue weighted by Crippen LogP contribution is -2.31. The first-order valence-electron chi connectivity index (χ1n) is 4.45. The minimum atomic E-state index is -0.198. The number of nitrogens with one attached hydrogen (secondary N) is 1. The second-order valence-corrected chi connectivity index (χ2v) is 3.66. The number of rotatable bonds is 6. The van der Waals surface area contributed by atoms with E-state index in [9.17, 15) is 0 Å². The first-order valence-corrected chi connectivity index (χ1v) is 5.39. The van der Waals surface area contributed by atoms with Crippen molar-refractivity contribution in [2.24, 2.45) is 0 Å². The van der Waals surface area contributed by atoms with Crippen LogP contribution in [0.25, 0.3) is 0 Å². The molecule has 1 aromatic rings. The lowest BCUT2D eigenvalue weighted by Gasteiger charge is -2.17. The van der Waals surface area contributed by atoms with E-state index in [4.69, 9.17) is 9.47 Å². The van der Waals surface area contributed by atoms with Crippen molar-refractivity contribution in [3.8, 4) is 0 Å². The largest absolute Gasteiger partial charge is 0.355 e. The maximum Gasteiger partial charge on any atom is 0.169 e. The van der Waals surface area contributed by atoms with Gasteiger partial charge in [0.15, 0.2) is 6.29 Å². The van der Waals surface area contributed by atoms with Crippen LogP contribution in [0.1, 0.15) is 18.7 Å². The zero-order valence-electron chi connectivity index (χ0n) is 8.69. The van der Waals surface area contributed by atoms with Crippen LogP contribution in [-0.2, 0) is 9.47 Å². The van der Waals surface area contributed by atoms with Gasteiger partial charge < -0.3 is 14.8 Å². The van der Waals surface area contributed by atoms with E-state index in [0.29, 0.717) is 6.54 Å². The minimum Gasteiger partial charge on any atom is -0.355 e. The topological polar surface area (TPSA) is 43.4 Å². The molecule has 1 heterocycles. The first-order chi connectivity index (χ1) is 6.77. The highest BCUT2D eigenvalue weighted by atomic mass is 32.1. The Balaban J connectivity index is 2.31. The van der Waals surface area contributed by atoms with E-state index in [1.54, 1.807) is 25.6 Å². The van der Waals surface area contributed by atoms with Gasteiger partial charge in [0, 0.05) is 32.2 Å². The summed E-state index contributed by atoms with van der Waals surface area (Å²) < 4.78 is 10.1. The number of ether oxygens (including phenoxy) is 2. The number of thiazole rings is 1. The summed E-state index contributed by atoms with van der Waals surface area (Å²) in [6.07, 6.45) is -0.198. The Bertz CT molecular complexity index is 237. The molecule has 1 aromatic heterocycles. The third-order valence-corrected chi connectivity index (χ3v) is 2.62. The van der Waals surface area contributed by atoms with Gasteiger partial charge in [-0.2, -0.15) is 0 Å². The summed E-state index contributed by atoms with van der Waals surface area (Å²) in [5, 5.41) is 5.32. The highest BCUT2D eigenvalue weighted by molar-refractivity contribution is 7.07. The maximum atomic E-state index is 5.06. The number of hydrogen-bond acceptors (Lipinski definition) is 5. The van der Waals surface area contributed by atoms with Gasteiger partial charge in [0.25, 0.3) is 0 Å². The molecular formula is C9H16N2O2S. The molecule has 0 spiro atoms. The molecule has 0 amide bonds. The Labute approximate surface area is 88.3 Å². The van der Waals surface area contributed by atoms with E-state index < -0.39 is 0 Å². The summed E-state index contributed by atoms with van der Waals surface area (Å²) in [7, 11) is 3.26. The predicted molar refractivity (Wildman–Crippen MR) is 56.3 cm³/mol. The molecule has 80 valence electrons. The fourth-order valence-corrected chi connectivity index (χ4v) is 1.72. The van der Waals surface area contributed by atoms with Crippen LogP contribution in [-0.4, -0.2) is 32.0 Å². The zero-order valence-corrected chi connectivity index (χ0v) is 9.50. The van der Waals surface area contributed by atoms with Gasteiger partial charge >= 0.3 is 0 Å². The van der Waals surface area contributed by atoms with Crippen molar-refractivity contribution in [2.75, 3.05) is 20.8 Å². The van der Waals surface area contributed by atoms with Gasteiger partial charge in [-0.3, -0.25) is 0 Å². The molecule has 0 fully saturated rings. The lowest BCUT2D eigenvalue weighted by atomic mass is 10.2. The van der Waals surface area contributed by atoms with Crippen molar-refractivity contribution < 1.29 is 9.47 Å². The van der Waals surface area contributed by atoms with Gasteiger partial charge in [-0.1, -0.05) is 0 Å². The molecule has 5 heteroatoms. The van der Waals surface area contributed by atoms with Crippen molar-refractivity contribution in [3.05, 3.63) is 16.6 Å². The van der Waals surface area contributed by atoms with Gasteiger partial charge in [-0.25, -0.2) is 4.98 Å². The smallest absolute Gasteiger partial charge is 0.169 e. The molecule has 0 saturated heterocycles. The summed E-state index contributed by atoms with van der Waals surface area (Å²) in [4.78, 5) is 4.22. The van der Waals surface area contributed by atoms with Crippen LogP contribution in [0.2, 0.25) is 0 Å². The molecule has 1 atom stereocenters. The Morgan fingerprint density at radius 3 is 2.71 bits per heavy atom. The van der Waals surface area contributed by atoms with E-state index >= 15 is 0 Å². The summed E-state index contributed by atoms with van der Waals surface area (Å²) in [6, 6.07) is 0.231. The molecule has 0 saturated carbocycles. The van der Waals surface area contributed by atoms with Crippen LogP contribution in [0.5, 0.6) is 0 Å². The third-order valence-electron chi connectivity index (χ3n) is 2.01. The average molecular weight is 216 g/mol. The second kappa shape index (κ2) is 6.08. The van der Waals surface area contributed by atoms with E-state index in [2.05, 4.69) is 17.2 Å². The van der Waals surface area contributed by atoms with Gasteiger partial charge in [0.2, 0.25) is 0 Å². The van der Waals surface area contributed by atoms with Crippen LogP contribution in [0.3, 0.4) is 0 Å². The number of hydrogen-bond donors (Lipinski definition) is 1. The molecule has 0 radical (unpaired) electrons. The molecule has 0 aliphatic heterocycles. The zero-order chi connectivity index (χ0) is 10.4. The van der Waals surface area contributed by atoms with Gasteiger partial charge in [-0.05, 0) is 6.92 Å². The maximum absolute atomic E-state index is 5.06. The summed E-state index contributed by atoms with van der Waals surface area (Å²) in [5.41, 5.74) is 2.89. The van der Waals surface area contributed by atoms with E-state index in [1.165, 1.54) is 0 Å². The highest BCUT2D eigenvalue weighted by Crippen LogP contribution is 2.11. The molecule has 0 bridgehead atoms. The quantitative estimate of drug-likeness (QED) is 0.730. The molecule has 1 N–H and O–H groups in total. The summed E-state index contributed by atoms with van der Waals surface area (Å²) in [6.45, 7) is 2.73. The molecule has 14 heavy (non-hydrogen) atoms. The predicted octanol–water partition coefficient (Wildman–Crippen LogP) is 1.41. The Kier molecular flexibility index (Phi) is 5.03. The Morgan fingerprint density at radius 2 is 2.21 bits per heavy atom. The number of nitrogens with zero attached hydrogens (tertiary/aromatic N) is 1.